The summed E-state index contributed by atoms with van der Waals surface area (Å²) in [5, 5.41) is 20.9. The summed E-state index contributed by atoms with van der Waals surface area (Å²) in [4.78, 5) is 23.6. The molecule has 3 unspecified atom stereocenters. The highest BCUT2D eigenvalue weighted by Gasteiger charge is 2.27. The molecule has 5 heteroatoms. The van der Waals surface area contributed by atoms with Crippen molar-refractivity contribution in [1.82, 2.24) is 5.32 Å². The van der Waals surface area contributed by atoms with E-state index in [2.05, 4.69) is 25.2 Å². The normalized spacial score (nSPS) is 14.3. The number of amides is 1. The molecule has 0 aliphatic rings. The van der Waals surface area contributed by atoms with E-state index in [9.17, 15) is 14.7 Å². The summed E-state index contributed by atoms with van der Waals surface area (Å²) in [6.07, 6.45) is 7.48. The zero-order valence-corrected chi connectivity index (χ0v) is 17.6. The lowest BCUT2D eigenvalue weighted by atomic mass is 9.81. The lowest BCUT2D eigenvalue weighted by Crippen LogP contribution is -2.40. The van der Waals surface area contributed by atoms with E-state index in [-0.39, 0.29) is 24.3 Å². The predicted molar refractivity (Wildman–Crippen MR) is 112 cm³/mol. The van der Waals surface area contributed by atoms with Gasteiger partial charge in [-0.15, -0.1) is 0 Å². The number of carboxylic acids is 1. The van der Waals surface area contributed by atoms with Crippen LogP contribution < -0.4 is 5.32 Å². The molecule has 158 valence electrons. The number of benzene rings is 1. The number of carbonyl (C=O) groups excluding carboxylic acids is 1. The van der Waals surface area contributed by atoms with Crippen molar-refractivity contribution in [3.05, 3.63) is 35.4 Å². The topological polar surface area (TPSA) is 86.6 Å². The highest BCUT2D eigenvalue weighted by Crippen LogP contribution is 2.31. The Morgan fingerprint density at radius 1 is 1.04 bits per heavy atom. The van der Waals surface area contributed by atoms with Crippen molar-refractivity contribution in [2.45, 2.75) is 84.2 Å². The maximum Gasteiger partial charge on any atom is 0.334 e. The maximum atomic E-state index is 12.8. The molecular weight excluding hydrogens is 354 g/mol. The smallest absolute Gasteiger partial charge is 0.334 e. The predicted octanol–water partition coefficient (Wildman–Crippen LogP) is 4.42. The first-order valence-corrected chi connectivity index (χ1v) is 10.6. The van der Waals surface area contributed by atoms with Crippen molar-refractivity contribution in [1.29, 1.82) is 0 Å². The van der Waals surface area contributed by atoms with Crippen molar-refractivity contribution < 1.29 is 19.8 Å². The van der Waals surface area contributed by atoms with Gasteiger partial charge in [-0.3, -0.25) is 4.79 Å². The van der Waals surface area contributed by atoms with Gasteiger partial charge in [-0.25, -0.2) is 4.79 Å². The minimum Gasteiger partial charge on any atom is -0.479 e. The third kappa shape index (κ3) is 8.42. The van der Waals surface area contributed by atoms with E-state index in [0.29, 0.717) is 0 Å². The van der Waals surface area contributed by atoms with Crippen molar-refractivity contribution in [3.8, 4) is 0 Å². The number of aliphatic hydroxyl groups is 1. The number of rotatable bonds is 14. The zero-order chi connectivity index (χ0) is 20.9. The average Bonchev–Trinajstić information content (AvgIpc) is 2.67. The van der Waals surface area contributed by atoms with Gasteiger partial charge in [0.15, 0.2) is 6.10 Å². The molecule has 0 saturated heterocycles. The van der Waals surface area contributed by atoms with Crippen molar-refractivity contribution in [2.24, 2.45) is 5.92 Å². The van der Waals surface area contributed by atoms with Gasteiger partial charge in [0.2, 0.25) is 5.91 Å². The average molecular weight is 392 g/mol. The van der Waals surface area contributed by atoms with Gasteiger partial charge in [0.05, 0.1) is 6.54 Å². The third-order valence-corrected chi connectivity index (χ3v) is 5.49. The van der Waals surface area contributed by atoms with Crippen LogP contribution in [0.4, 0.5) is 0 Å². The van der Waals surface area contributed by atoms with Crippen LogP contribution in [0.25, 0.3) is 0 Å². The summed E-state index contributed by atoms with van der Waals surface area (Å²) >= 11 is 0. The fourth-order valence-corrected chi connectivity index (χ4v) is 3.66. The summed E-state index contributed by atoms with van der Waals surface area (Å²) in [6.45, 7) is 6.05. The molecule has 0 aliphatic carbocycles. The molecule has 5 nitrogen and oxygen atoms in total. The monoisotopic (exact) mass is 391 g/mol. The molecule has 0 heterocycles. The summed E-state index contributed by atoms with van der Waals surface area (Å²) in [5.41, 5.74) is 2.29. The fraction of sp³-hybridized carbons (Fsp3) is 0.652. The Hall–Kier alpha value is -1.88. The number of hydrogen-bond donors (Lipinski definition) is 3. The zero-order valence-electron chi connectivity index (χ0n) is 17.6. The highest BCUT2D eigenvalue weighted by molar-refractivity contribution is 5.81. The summed E-state index contributed by atoms with van der Waals surface area (Å²) in [6, 6.07) is 8.07. The van der Waals surface area contributed by atoms with Crippen LogP contribution in [-0.2, 0) is 9.59 Å². The number of aliphatic hydroxyl groups excluding tert-OH is 1. The van der Waals surface area contributed by atoms with Crippen LogP contribution in [0.5, 0.6) is 0 Å². The van der Waals surface area contributed by atoms with Crippen LogP contribution in [-0.4, -0.2) is 34.7 Å². The van der Waals surface area contributed by atoms with E-state index in [1.54, 1.807) is 0 Å². The standard InChI is InChI=1S/C23H37NO4/c1-4-5-6-7-8-9-10-15-20(22(26)24-16-21(25)23(27)28)18(3)19-14-12-11-13-17(19)2/h11-14,18,20-21,25H,4-10,15-16H2,1-3H3,(H,24,26)(H,27,28). The Morgan fingerprint density at radius 3 is 2.25 bits per heavy atom. The molecule has 0 aromatic heterocycles. The molecule has 3 N–H and O–H groups in total. The van der Waals surface area contributed by atoms with Crippen LogP contribution in [0.3, 0.4) is 0 Å². The summed E-state index contributed by atoms with van der Waals surface area (Å²) < 4.78 is 0. The Labute approximate surface area is 169 Å². The van der Waals surface area contributed by atoms with Gasteiger partial charge in [-0.1, -0.05) is 83.1 Å². The molecular formula is C23H37NO4. The van der Waals surface area contributed by atoms with Crippen molar-refractivity contribution >= 4 is 11.9 Å². The van der Waals surface area contributed by atoms with Crippen LogP contribution in [0.2, 0.25) is 0 Å². The minimum atomic E-state index is -1.57. The molecule has 0 radical (unpaired) electrons. The van der Waals surface area contributed by atoms with E-state index >= 15 is 0 Å². The first kappa shape index (κ1) is 24.2. The Bertz CT molecular complexity index is 602. The largest absolute Gasteiger partial charge is 0.479 e. The summed E-state index contributed by atoms with van der Waals surface area (Å²) in [7, 11) is 0. The van der Waals surface area contributed by atoms with E-state index in [4.69, 9.17) is 5.11 Å². The molecule has 3 atom stereocenters. The van der Waals surface area contributed by atoms with Crippen LogP contribution in [0, 0.1) is 12.8 Å². The molecule has 1 aromatic rings. The number of carbonyl (C=O) groups is 2. The highest BCUT2D eigenvalue weighted by atomic mass is 16.4. The van der Waals surface area contributed by atoms with E-state index < -0.39 is 12.1 Å². The molecule has 0 spiro atoms. The van der Waals surface area contributed by atoms with Gasteiger partial charge >= 0.3 is 5.97 Å². The molecule has 1 amide bonds. The van der Waals surface area contributed by atoms with Gasteiger partial charge in [-0.2, -0.15) is 0 Å². The minimum absolute atomic E-state index is 0.0308. The molecule has 0 bridgehead atoms. The number of unbranched alkanes of at least 4 members (excludes halogenated alkanes) is 6. The Balaban J connectivity index is 2.69. The van der Waals surface area contributed by atoms with Gasteiger partial charge in [-0.05, 0) is 30.4 Å². The molecule has 0 fully saturated rings. The Kier molecular flexibility index (Phi) is 11.5. The lowest BCUT2D eigenvalue weighted by molar-refractivity contribution is -0.146. The first-order valence-electron chi connectivity index (χ1n) is 10.6. The molecule has 28 heavy (non-hydrogen) atoms. The number of carboxylic acid groups (broad SMARTS) is 1. The molecule has 0 aliphatic heterocycles. The number of nitrogens with one attached hydrogen (secondary N) is 1. The van der Waals surface area contributed by atoms with Gasteiger partial charge < -0.3 is 15.5 Å². The number of aliphatic carboxylic acids is 1. The van der Waals surface area contributed by atoms with Gasteiger partial charge in [0, 0.05) is 5.92 Å². The second-order valence-electron chi connectivity index (χ2n) is 7.76. The molecule has 0 saturated carbocycles. The van der Waals surface area contributed by atoms with Crippen molar-refractivity contribution in [2.75, 3.05) is 6.54 Å². The van der Waals surface area contributed by atoms with Crippen LogP contribution in [0.1, 0.15) is 82.3 Å². The molecule has 1 aromatic carbocycles. The third-order valence-electron chi connectivity index (χ3n) is 5.49. The second-order valence-corrected chi connectivity index (χ2v) is 7.76. The van der Waals surface area contributed by atoms with Crippen LogP contribution >= 0.6 is 0 Å². The first-order chi connectivity index (χ1) is 13.4. The molecule has 1 rings (SSSR count). The number of hydrogen-bond acceptors (Lipinski definition) is 3. The quantitative estimate of drug-likeness (QED) is 0.410. The Morgan fingerprint density at radius 2 is 1.64 bits per heavy atom. The van der Waals surface area contributed by atoms with Gasteiger partial charge in [0.1, 0.15) is 0 Å². The van der Waals surface area contributed by atoms with Crippen LogP contribution in [0.15, 0.2) is 24.3 Å². The van der Waals surface area contributed by atoms with E-state index in [1.807, 2.05) is 25.1 Å². The lowest BCUT2D eigenvalue weighted by Gasteiger charge is -2.25. The number of aryl methyl sites for hydroxylation is 1. The van der Waals surface area contributed by atoms with Gasteiger partial charge in [0.25, 0.3) is 0 Å². The SMILES string of the molecule is CCCCCCCCCC(C(=O)NCC(O)C(=O)O)C(C)c1ccccc1C. The van der Waals surface area contributed by atoms with E-state index in [1.165, 1.54) is 32.1 Å². The summed E-state index contributed by atoms with van der Waals surface area (Å²) in [5.74, 6) is -1.71. The fourth-order valence-electron chi connectivity index (χ4n) is 3.66. The second kappa shape index (κ2) is 13.3. The van der Waals surface area contributed by atoms with E-state index in [0.717, 1.165) is 30.4 Å². The maximum absolute atomic E-state index is 12.8. The van der Waals surface area contributed by atoms with Crippen molar-refractivity contribution in [3.63, 3.8) is 0 Å².